The van der Waals surface area contributed by atoms with Gasteiger partial charge in [-0.15, -0.1) is 11.3 Å². The van der Waals surface area contributed by atoms with Crippen LogP contribution >= 0.6 is 11.3 Å². The Labute approximate surface area is 130 Å². The number of rotatable bonds is 5. The highest BCUT2D eigenvalue weighted by molar-refractivity contribution is 7.18. The van der Waals surface area contributed by atoms with Gasteiger partial charge in [0.2, 0.25) is 0 Å². The Morgan fingerprint density at radius 3 is 2.71 bits per heavy atom. The summed E-state index contributed by atoms with van der Waals surface area (Å²) < 4.78 is 6.45. The molecule has 1 aliphatic heterocycles. The quantitative estimate of drug-likeness (QED) is 0.849. The van der Waals surface area contributed by atoms with Gasteiger partial charge in [0.15, 0.2) is 0 Å². The van der Waals surface area contributed by atoms with E-state index in [0.29, 0.717) is 6.04 Å². The predicted octanol–water partition coefficient (Wildman–Crippen LogP) is 2.62. The maximum absolute atomic E-state index is 5.16. The minimum absolute atomic E-state index is 0.409. The van der Waals surface area contributed by atoms with Gasteiger partial charge in [-0.1, -0.05) is 12.1 Å². The van der Waals surface area contributed by atoms with Gasteiger partial charge in [-0.2, -0.15) is 0 Å². The maximum atomic E-state index is 5.16. The highest BCUT2D eigenvalue weighted by atomic mass is 32.1. The average molecular weight is 305 g/mol. The molecular formula is C16H23N3OS. The summed E-state index contributed by atoms with van der Waals surface area (Å²) in [5.74, 6) is 0. The van der Waals surface area contributed by atoms with Crippen LogP contribution in [0.25, 0.3) is 10.2 Å². The first-order valence-corrected chi connectivity index (χ1v) is 8.40. The monoisotopic (exact) mass is 305 g/mol. The molecule has 0 unspecified atom stereocenters. The molecule has 0 aliphatic carbocycles. The van der Waals surface area contributed by atoms with Crippen LogP contribution in [0.4, 0.5) is 0 Å². The lowest BCUT2D eigenvalue weighted by Crippen LogP contribution is -2.47. The zero-order valence-corrected chi connectivity index (χ0v) is 13.6. The zero-order chi connectivity index (χ0) is 14.7. The third-order valence-electron chi connectivity index (χ3n) is 4.23. The fraction of sp³-hybridized carbons (Fsp3) is 0.562. The van der Waals surface area contributed by atoms with Crippen LogP contribution in [-0.4, -0.2) is 61.2 Å². The summed E-state index contributed by atoms with van der Waals surface area (Å²) in [5.41, 5.74) is 1.13. The maximum Gasteiger partial charge on any atom is 0.111 e. The second-order valence-corrected chi connectivity index (χ2v) is 6.63. The third kappa shape index (κ3) is 3.43. The lowest BCUT2D eigenvalue weighted by atomic mass is 10.2. The molecule has 5 heteroatoms. The van der Waals surface area contributed by atoms with Crippen molar-refractivity contribution in [2.45, 2.75) is 13.0 Å². The zero-order valence-electron chi connectivity index (χ0n) is 12.8. The molecule has 1 aromatic heterocycles. The molecule has 1 saturated heterocycles. The Balaban J connectivity index is 1.62. The number of para-hydroxylation sites is 1. The molecule has 2 aromatic rings. The number of ether oxygens (including phenoxy) is 1. The van der Waals surface area contributed by atoms with Crippen LogP contribution in [0.15, 0.2) is 24.3 Å². The number of nitrogens with zero attached hydrogens (tertiary/aromatic N) is 3. The van der Waals surface area contributed by atoms with Crippen molar-refractivity contribution in [3.8, 4) is 0 Å². The highest BCUT2D eigenvalue weighted by Gasteiger charge is 2.23. The molecule has 1 aromatic carbocycles. The molecule has 114 valence electrons. The lowest BCUT2D eigenvalue weighted by Gasteiger charge is -2.37. The van der Waals surface area contributed by atoms with Crippen LogP contribution in [0.1, 0.15) is 18.0 Å². The molecule has 1 aliphatic rings. The van der Waals surface area contributed by atoms with Crippen LogP contribution in [-0.2, 0) is 4.74 Å². The van der Waals surface area contributed by atoms with E-state index < -0.39 is 0 Å². The summed E-state index contributed by atoms with van der Waals surface area (Å²) >= 11 is 1.83. The molecule has 4 nitrogen and oxygen atoms in total. The Hall–Kier alpha value is -1.01. The van der Waals surface area contributed by atoms with Gasteiger partial charge in [0.25, 0.3) is 0 Å². The van der Waals surface area contributed by atoms with Gasteiger partial charge in [0.05, 0.1) is 22.9 Å². The number of piperazine rings is 1. The fourth-order valence-corrected chi connectivity index (χ4v) is 3.87. The average Bonchev–Trinajstić information content (AvgIpc) is 2.96. The van der Waals surface area contributed by atoms with Gasteiger partial charge in [-0.25, -0.2) is 4.98 Å². The number of methoxy groups -OCH3 is 1. The number of hydrogen-bond donors (Lipinski definition) is 0. The minimum atomic E-state index is 0.409. The highest BCUT2D eigenvalue weighted by Crippen LogP contribution is 2.29. The predicted molar refractivity (Wildman–Crippen MR) is 87.9 cm³/mol. The van der Waals surface area contributed by atoms with Crippen molar-refractivity contribution in [2.24, 2.45) is 0 Å². The van der Waals surface area contributed by atoms with Crippen molar-refractivity contribution >= 4 is 21.6 Å². The second kappa shape index (κ2) is 6.83. The van der Waals surface area contributed by atoms with Crippen LogP contribution in [0.5, 0.6) is 0 Å². The number of aromatic nitrogens is 1. The van der Waals surface area contributed by atoms with E-state index >= 15 is 0 Å². The van der Waals surface area contributed by atoms with Crippen molar-refractivity contribution in [1.29, 1.82) is 0 Å². The van der Waals surface area contributed by atoms with Crippen LogP contribution < -0.4 is 0 Å². The number of fused-ring (bicyclic) bond motifs is 1. The van der Waals surface area contributed by atoms with Gasteiger partial charge in [-0.3, -0.25) is 9.80 Å². The topological polar surface area (TPSA) is 28.6 Å². The molecule has 2 heterocycles. The first-order valence-electron chi connectivity index (χ1n) is 7.59. The van der Waals surface area contributed by atoms with Gasteiger partial charge in [0, 0.05) is 39.8 Å². The van der Waals surface area contributed by atoms with E-state index in [1.165, 1.54) is 9.71 Å². The Morgan fingerprint density at radius 2 is 2.00 bits per heavy atom. The van der Waals surface area contributed by atoms with Crippen LogP contribution in [0, 0.1) is 0 Å². The molecule has 0 radical (unpaired) electrons. The summed E-state index contributed by atoms with van der Waals surface area (Å²) in [6.07, 6.45) is 0. The summed E-state index contributed by atoms with van der Waals surface area (Å²) in [4.78, 5) is 9.82. The molecule has 0 saturated carbocycles. The van der Waals surface area contributed by atoms with E-state index in [0.717, 1.165) is 44.8 Å². The molecular weight excluding hydrogens is 282 g/mol. The smallest absolute Gasteiger partial charge is 0.111 e. The molecule has 0 N–H and O–H groups in total. The first kappa shape index (κ1) is 14.9. The molecule has 0 amide bonds. The molecule has 1 atom stereocenters. The van der Waals surface area contributed by atoms with Gasteiger partial charge in [0.1, 0.15) is 5.01 Å². The molecule has 3 rings (SSSR count). The van der Waals surface area contributed by atoms with E-state index in [9.17, 15) is 0 Å². The molecule has 0 bridgehead atoms. The standard InChI is InChI=1S/C16H23N3OS/c1-13(16-17-14-5-3-4-6-15(14)21-16)19-9-7-18(8-10-19)11-12-20-2/h3-6,13H,7-12H2,1-2H3/t13-/m1/s1. The van der Waals surface area contributed by atoms with Crippen molar-refractivity contribution in [3.05, 3.63) is 29.3 Å². The summed E-state index contributed by atoms with van der Waals surface area (Å²) in [5, 5.41) is 1.24. The number of benzene rings is 1. The second-order valence-electron chi connectivity index (χ2n) is 5.57. The Morgan fingerprint density at radius 1 is 1.24 bits per heavy atom. The lowest BCUT2D eigenvalue weighted by molar-refractivity contribution is 0.0786. The normalized spacial score (nSPS) is 19.1. The number of hydrogen-bond acceptors (Lipinski definition) is 5. The van der Waals surface area contributed by atoms with E-state index in [4.69, 9.17) is 9.72 Å². The Kier molecular flexibility index (Phi) is 4.85. The van der Waals surface area contributed by atoms with Crippen molar-refractivity contribution in [1.82, 2.24) is 14.8 Å². The van der Waals surface area contributed by atoms with Gasteiger partial charge >= 0.3 is 0 Å². The van der Waals surface area contributed by atoms with E-state index in [1.54, 1.807) is 7.11 Å². The van der Waals surface area contributed by atoms with Gasteiger partial charge in [-0.05, 0) is 19.1 Å². The number of thiazole rings is 1. The third-order valence-corrected chi connectivity index (χ3v) is 5.44. The van der Waals surface area contributed by atoms with Gasteiger partial charge < -0.3 is 4.74 Å². The van der Waals surface area contributed by atoms with E-state index in [2.05, 4.69) is 41.0 Å². The minimum Gasteiger partial charge on any atom is -0.383 e. The fourth-order valence-electron chi connectivity index (χ4n) is 2.82. The summed E-state index contributed by atoms with van der Waals surface area (Å²) in [7, 11) is 1.77. The van der Waals surface area contributed by atoms with E-state index in [1.807, 2.05) is 11.3 Å². The molecule has 0 spiro atoms. The van der Waals surface area contributed by atoms with Crippen molar-refractivity contribution in [3.63, 3.8) is 0 Å². The van der Waals surface area contributed by atoms with Crippen LogP contribution in [0.3, 0.4) is 0 Å². The summed E-state index contributed by atoms with van der Waals surface area (Å²) in [6.45, 7) is 8.62. The molecule has 21 heavy (non-hydrogen) atoms. The van der Waals surface area contributed by atoms with Crippen molar-refractivity contribution < 1.29 is 4.74 Å². The van der Waals surface area contributed by atoms with Crippen LogP contribution in [0.2, 0.25) is 0 Å². The SMILES string of the molecule is COCCN1CCN([C@H](C)c2nc3ccccc3s2)CC1. The first-order chi connectivity index (χ1) is 10.3. The van der Waals surface area contributed by atoms with E-state index in [-0.39, 0.29) is 0 Å². The van der Waals surface area contributed by atoms with Crippen molar-refractivity contribution in [2.75, 3.05) is 46.4 Å². The Bertz CT molecular complexity index is 545. The summed E-state index contributed by atoms with van der Waals surface area (Å²) in [6, 6.07) is 8.82. The molecule has 1 fully saturated rings. The largest absolute Gasteiger partial charge is 0.383 e.